The standard InChI is InChI=1S/C18H24N2O4S2.ClH/c1-3-24-18(21)17-10-14-9-15(6-7-16(14)25-17)26(22,23)20-12(2)13-5-4-8-19-11-13;/h6-7,9-10,12-13,19-20H,3-5,8,11H2,1-2H3;1H. The van der Waals surface area contributed by atoms with E-state index in [1.54, 1.807) is 31.2 Å². The minimum atomic E-state index is -3.61. The number of hydrogen-bond acceptors (Lipinski definition) is 6. The van der Waals surface area contributed by atoms with Crippen molar-refractivity contribution in [2.24, 2.45) is 5.92 Å². The zero-order valence-electron chi connectivity index (χ0n) is 15.4. The second kappa shape index (κ2) is 9.34. The first-order valence-electron chi connectivity index (χ1n) is 8.84. The Balaban J connectivity index is 0.00000261. The molecule has 1 aromatic heterocycles. The number of esters is 1. The quantitative estimate of drug-likeness (QED) is 0.685. The SMILES string of the molecule is CCOC(=O)c1cc2cc(S(=O)(=O)NC(C)C3CCCNC3)ccc2s1.Cl. The van der Waals surface area contributed by atoms with Gasteiger partial charge in [-0.25, -0.2) is 17.9 Å². The van der Waals surface area contributed by atoms with Gasteiger partial charge in [0.05, 0.1) is 11.5 Å². The molecule has 6 nitrogen and oxygen atoms in total. The number of piperidine rings is 1. The van der Waals surface area contributed by atoms with Crippen molar-refractivity contribution in [3.05, 3.63) is 29.1 Å². The van der Waals surface area contributed by atoms with E-state index in [9.17, 15) is 13.2 Å². The summed E-state index contributed by atoms with van der Waals surface area (Å²) in [5.74, 6) is -0.0894. The molecule has 0 aliphatic carbocycles. The smallest absolute Gasteiger partial charge is 0.348 e. The van der Waals surface area contributed by atoms with E-state index in [1.165, 1.54) is 11.3 Å². The molecule has 3 rings (SSSR count). The van der Waals surface area contributed by atoms with Gasteiger partial charge in [0.25, 0.3) is 0 Å². The van der Waals surface area contributed by atoms with E-state index in [-0.39, 0.29) is 29.3 Å². The van der Waals surface area contributed by atoms with Gasteiger partial charge in [-0.1, -0.05) is 0 Å². The Morgan fingerprint density at radius 2 is 2.19 bits per heavy atom. The molecule has 0 bridgehead atoms. The normalized spacial score (nSPS) is 18.7. The third-order valence-electron chi connectivity index (χ3n) is 4.66. The Morgan fingerprint density at radius 3 is 2.85 bits per heavy atom. The van der Waals surface area contributed by atoms with Crippen LogP contribution in [0.2, 0.25) is 0 Å². The predicted molar refractivity (Wildman–Crippen MR) is 110 cm³/mol. The molecule has 9 heteroatoms. The number of hydrogen-bond donors (Lipinski definition) is 2. The Labute approximate surface area is 170 Å². The summed E-state index contributed by atoms with van der Waals surface area (Å²) in [5, 5.41) is 4.04. The van der Waals surface area contributed by atoms with E-state index >= 15 is 0 Å². The van der Waals surface area contributed by atoms with Gasteiger partial charge in [-0.15, -0.1) is 23.7 Å². The van der Waals surface area contributed by atoms with E-state index in [4.69, 9.17) is 4.74 Å². The first kappa shape index (κ1) is 22.1. The second-order valence-corrected chi connectivity index (χ2v) is 9.34. The van der Waals surface area contributed by atoms with Gasteiger partial charge >= 0.3 is 5.97 Å². The molecule has 2 heterocycles. The van der Waals surface area contributed by atoms with Crippen molar-refractivity contribution in [1.29, 1.82) is 0 Å². The van der Waals surface area contributed by atoms with Gasteiger partial charge in [-0.3, -0.25) is 0 Å². The van der Waals surface area contributed by atoms with Crippen molar-refractivity contribution in [2.45, 2.75) is 37.6 Å². The molecule has 1 aromatic carbocycles. The summed E-state index contributed by atoms with van der Waals surface area (Å²) in [6, 6.07) is 6.49. The summed E-state index contributed by atoms with van der Waals surface area (Å²) >= 11 is 1.30. The molecule has 0 saturated carbocycles. The largest absolute Gasteiger partial charge is 0.462 e. The molecule has 2 atom stereocenters. The maximum atomic E-state index is 12.8. The van der Waals surface area contributed by atoms with Gasteiger partial charge in [-0.05, 0) is 75.3 Å². The van der Waals surface area contributed by atoms with Crippen LogP contribution in [0.4, 0.5) is 0 Å². The second-order valence-electron chi connectivity index (χ2n) is 6.55. The summed E-state index contributed by atoms with van der Waals surface area (Å²) in [7, 11) is -3.61. The first-order chi connectivity index (χ1) is 12.4. The van der Waals surface area contributed by atoms with Crippen LogP contribution in [0.3, 0.4) is 0 Å². The van der Waals surface area contributed by atoms with Crippen LogP contribution in [-0.2, 0) is 14.8 Å². The van der Waals surface area contributed by atoms with E-state index in [0.29, 0.717) is 17.4 Å². The molecule has 2 N–H and O–H groups in total. The van der Waals surface area contributed by atoms with Crippen LogP contribution in [0, 0.1) is 5.92 Å². The first-order valence-corrected chi connectivity index (χ1v) is 11.1. The van der Waals surface area contributed by atoms with Crippen LogP contribution in [0.5, 0.6) is 0 Å². The number of benzene rings is 1. The average Bonchev–Trinajstić information content (AvgIpc) is 3.06. The third-order valence-corrected chi connectivity index (χ3v) is 7.31. The van der Waals surface area contributed by atoms with Gasteiger partial charge in [0.1, 0.15) is 4.88 Å². The number of carbonyl (C=O) groups is 1. The Hall–Kier alpha value is -1.19. The fourth-order valence-electron chi connectivity index (χ4n) is 3.21. The summed E-state index contributed by atoms with van der Waals surface area (Å²) in [4.78, 5) is 12.6. The topological polar surface area (TPSA) is 84.5 Å². The third kappa shape index (κ3) is 5.20. The lowest BCUT2D eigenvalue weighted by atomic mass is 9.94. The van der Waals surface area contributed by atoms with Crippen molar-refractivity contribution in [3.63, 3.8) is 0 Å². The molecular weight excluding hydrogens is 408 g/mol. The molecule has 0 amide bonds. The maximum absolute atomic E-state index is 12.8. The Morgan fingerprint density at radius 1 is 1.41 bits per heavy atom. The Bertz CT molecular complexity index is 892. The lowest BCUT2D eigenvalue weighted by Crippen LogP contribution is -2.44. The molecule has 1 aliphatic heterocycles. The van der Waals surface area contributed by atoms with E-state index < -0.39 is 10.0 Å². The number of halogens is 1. The Kier molecular flexibility index (Phi) is 7.64. The average molecular weight is 433 g/mol. The number of thiophene rings is 1. The molecule has 1 fully saturated rings. The number of nitrogens with one attached hydrogen (secondary N) is 2. The van der Waals surface area contributed by atoms with Gasteiger partial charge in [0.2, 0.25) is 10.0 Å². The molecule has 27 heavy (non-hydrogen) atoms. The lowest BCUT2D eigenvalue weighted by molar-refractivity contribution is 0.0532. The van der Waals surface area contributed by atoms with Crippen molar-refractivity contribution < 1.29 is 17.9 Å². The summed E-state index contributed by atoms with van der Waals surface area (Å²) < 4.78 is 34.2. The van der Waals surface area contributed by atoms with E-state index in [0.717, 1.165) is 36.0 Å². The van der Waals surface area contributed by atoms with Gasteiger partial charge in [0, 0.05) is 10.7 Å². The van der Waals surface area contributed by atoms with Crippen LogP contribution in [-0.4, -0.2) is 40.1 Å². The molecule has 2 aromatic rings. The summed E-state index contributed by atoms with van der Waals surface area (Å²) in [6.45, 7) is 5.80. The fraction of sp³-hybridized carbons (Fsp3) is 0.500. The highest BCUT2D eigenvalue weighted by Gasteiger charge is 2.25. The highest BCUT2D eigenvalue weighted by atomic mass is 35.5. The number of carbonyl (C=O) groups excluding carboxylic acids is 1. The summed E-state index contributed by atoms with van der Waals surface area (Å²) in [5.41, 5.74) is 0. The molecule has 2 unspecified atom stereocenters. The molecule has 0 spiro atoms. The number of fused-ring (bicyclic) bond motifs is 1. The molecular formula is C18H25ClN2O4S2. The fourth-order valence-corrected chi connectivity index (χ4v) is 5.49. The van der Waals surface area contributed by atoms with Crippen molar-refractivity contribution in [1.82, 2.24) is 10.0 Å². The molecule has 1 aliphatic rings. The van der Waals surface area contributed by atoms with Crippen LogP contribution in [0.1, 0.15) is 36.4 Å². The number of rotatable bonds is 6. The highest BCUT2D eigenvalue weighted by molar-refractivity contribution is 7.89. The number of ether oxygens (including phenoxy) is 1. The van der Waals surface area contributed by atoms with Crippen molar-refractivity contribution >= 4 is 49.8 Å². The van der Waals surface area contributed by atoms with Crippen LogP contribution in [0.25, 0.3) is 10.1 Å². The van der Waals surface area contributed by atoms with E-state index in [2.05, 4.69) is 10.0 Å². The summed E-state index contributed by atoms with van der Waals surface area (Å²) in [6.07, 6.45) is 2.08. The van der Waals surface area contributed by atoms with Gasteiger partial charge in [0.15, 0.2) is 0 Å². The zero-order valence-corrected chi connectivity index (χ0v) is 17.8. The molecule has 1 saturated heterocycles. The molecule has 0 radical (unpaired) electrons. The lowest BCUT2D eigenvalue weighted by Gasteiger charge is -2.28. The highest BCUT2D eigenvalue weighted by Crippen LogP contribution is 2.29. The van der Waals surface area contributed by atoms with Gasteiger partial charge < -0.3 is 10.1 Å². The van der Waals surface area contributed by atoms with Crippen LogP contribution in [0.15, 0.2) is 29.2 Å². The minimum Gasteiger partial charge on any atom is -0.462 e. The van der Waals surface area contributed by atoms with E-state index in [1.807, 2.05) is 6.92 Å². The number of sulfonamides is 1. The molecule has 150 valence electrons. The zero-order chi connectivity index (χ0) is 18.7. The van der Waals surface area contributed by atoms with Crippen LogP contribution < -0.4 is 10.0 Å². The van der Waals surface area contributed by atoms with Crippen molar-refractivity contribution in [2.75, 3.05) is 19.7 Å². The van der Waals surface area contributed by atoms with Gasteiger partial charge in [-0.2, -0.15) is 0 Å². The minimum absolute atomic E-state index is 0. The van der Waals surface area contributed by atoms with Crippen molar-refractivity contribution in [3.8, 4) is 0 Å². The monoisotopic (exact) mass is 432 g/mol. The predicted octanol–water partition coefficient (Wildman–Crippen LogP) is 3.17. The van der Waals surface area contributed by atoms with Crippen LogP contribution >= 0.6 is 23.7 Å². The maximum Gasteiger partial charge on any atom is 0.348 e.